The second-order valence-corrected chi connectivity index (χ2v) is 13.4. The van der Waals surface area contributed by atoms with Crippen molar-refractivity contribution in [3.63, 3.8) is 0 Å². The summed E-state index contributed by atoms with van der Waals surface area (Å²) in [6.45, 7) is 10.8. The van der Waals surface area contributed by atoms with Gasteiger partial charge in [-0.05, 0) is 101 Å². The second-order valence-electron chi connectivity index (χ2n) is 13.4. The highest BCUT2D eigenvalue weighted by Crippen LogP contribution is 2.45. The van der Waals surface area contributed by atoms with E-state index >= 15 is 0 Å². The van der Waals surface area contributed by atoms with Crippen LogP contribution in [0.3, 0.4) is 0 Å². The molecule has 3 fully saturated rings. The van der Waals surface area contributed by atoms with Crippen LogP contribution in [0.1, 0.15) is 78.0 Å². The van der Waals surface area contributed by atoms with Crippen molar-refractivity contribution in [3.05, 3.63) is 48.3 Å². The predicted molar refractivity (Wildman–Crippen MR) is 160 cm³/mol. The molecule has 2 unspecified atom stereocenters. The maximum Gasteiger partial charge on any atom is 0.411 e. The Labute approximate surface area is 247 Å². The van der Waals surface area contributed by atoms with E-state index in [1.165, 1.54) is 6.42 Å². The van der Waals surface area contributed by atoms with Crippen LogP contribution in [0.5, 0.6) is 5.88 Å². The molecule has 2 aromatic heterocycles. The Kier molecular flexibility index (Phi) is 6.68. The SMILES string of the molecule is CC(C)(C)OC(=O)N(C1CCN(c2ccc3c(n2)OCc2cc(-c4cnn(C5CCCCO5)c4)ccc2-3)C1)C1(C)CC1. The van der Waals surface area contributed by atoms with Crippen molar-refractivity contribution in [2.24, 2.45) is 0 Å². The lowest BCUT2D eigenvalue weighted by Crippen LogP contribution is -2.50. The molecule has 0 N–H and O–H groups in total. The fourth-order valence-corrected chi connectivity index (χ4v) is 6.50. The van der Waals surface area contributed by atoms with E-state index in [9.17, 15) is 4.79 Å². The highest BCUT2D eigenvalue weighted by molar-refractivity contribution is 5.78. The summed E-state index contributed by atoms with van der Waals surface area (Å²) in [5.74, 6) is 1.55. The molecule has 2 atom stereocenters. The van der Waals surface area contributed by atoms with Crippen LogP contribution in [0.4, 0.5) is 10.6 Å². The Balaban J connectivity index is 1.07. The maximum absolute atomic E-state index is 13.2. The molecule has 1 amide bonds. The minimum atomic E-state index is -0.515. The molecule has 1 aliphatic carbocycles. The summed E-state index contributed by atoms with van der Waals surface area (Å²) in [5.41, 5.74) is 4.88. The van der Waals surface area contributed by atoms with Gasteiger partial charge in [0, 0.05) is 42.6 Å². The van der Waals surface area contributed by atoms with Gasteiger partial charge < -0.3 is 19.1 Å². The van der Waals surface area contributed by atoms with Gasteiger partial charge in [0.2, 0.25) is 5.88 Å². The zero-order valence-corrected chi connectivity index (χ0v) is 25.1. The molecule has 4 aliphatic rings. The van der Waals surface area contributed by atoms with Gasteiger partial charge in [0.25, 0.3) is 0 Å². The first kappa shape index (κ1) is 27.3. The van der Waals surface area contributed by atoms with Gasteiger partial charge in [0.15, 0.2) is 0 Å². The number of hydrogen-bond donors (Lipinski definition) is 0. The first-order valence-corrected chi connectivity index (χ1v) is 15.4. The lowest BCUT2D eigenvalue weighted by molar-refractivity contribution is -0.0394. The Morgan fingerprint density at radius 3 is 2.69 bits per heavy atom. The number of aromatic nitrogens is 3. The zero-order chi connectivity index (χ0) is 29.1. The molecule has 0 spiro atoms. The number of anilines is 1. The number of amides is 1. The van der Waals surface area contributed by atoms with Gasteiger partial charge in [-0.15, -0.1) is 0 Å². The fraction of sp³-hybridized carbons (Fsp3) is 0.545. The normalized spacial score (nSPS) is 22.6. The highest BCUT2D eigenvalue weighted by atomic mass is 16.6. The Morgan fingerprint density at radius 1 is 1.10 bits per heavy atom. The standard InChI is InChI=1S/C33H41N5O4/c1-32(2,3)42-31(39)38(33(4)13-14-33)25-12-15-36(20-25)28-11-10-27-26-9-8-22(17-23(26)21-41-30(27)35-28)24-18-34-37(19-24)29-7-5-6-16-40-29/h8-11,17-19,25,29H,5-7,12-16,20-21H2,1-4H3. The first-order chi connectivity index (χ1) is 20.2. The minimum Gasteiger partial charge on any atom is -0.472 e. The fourth-order valence-electron chi connectivity index (χ4n) is 6.50. The number of carbonyl (C=O) groups is 1. The van der Waals surface area contributed by atoms with Gasteiger partial charge in [0.1, 0.15) is 24.3 Å². The van der Waals surface area contributed by atoms with Gasteiger partial charge in [0.05, 0.1) is 12.2 Å². The van der Waals surface area contributed by atoms with Gasteiger partial charge in [-0.3, -0.25) is 4.90 Å². The van der Waals surface area contributed by atoms with Crippen LogP contribution in [-0.2, 0) is 16.1 Å². The van der Waals surface area contributed by atoms with Crippen LogP contribution in [-0.4, -0.2) is 62.6 Å². The molecule has 1 saturated carbocycles. The van der Waals surface area contributed by atoms with Crippen molar-refractivity contribution in [3.8, 4) is 28.1 Å². The Morgan fingerprint density at radius 2 is 1.93 bits per heavy atom. The van der Waals surface area contributed by atoms with Gasteiger partial charge in [-0.25, -0.2) is 9.48 Å². The number of pyridine rings is 1. The predicted octanol–water partition coefficient (Wildman–Crippen LogP) is 6.57. The highest BCUT2D eigenvalue weighted by Gasteiger charge is 2.51. The van der Waals surface area contributed by atoms with Crippen molar-refractivity contribution < 1.29 is 19.0 Å². The summed E-state index contributed by atoms with van der Waals surface area (Å²) < 4.78 is 19.9. The molecule has 222 valence electrons. The average Bonchev–Trinajstić information content (AvgIpc) is 3.34. The van der Waals surface area contributed by atoms with Crippen molar-refractivity contribution >= 4 is 11.9 Å². The molecule has 0 radical (unpaired) electrons. The number of carbonyl (C=O) groups excluding carboxylic acids is 1. The molecule has 42 heavy (non-hydrogen) atoms. The van der Waals surface area contributed by atoms with E-state index in [1.807, 2.05) is 36.5 Å². The number of rotatable bonds is 5. The molecular weight excluding hydrogens is 530 g/mol. The van der Waals surface area contributed by atoms with Crippen LogP contribution in [0.15, 0.2) is 42.7 Å². The molecule has 0 bridgehead atoms. The summed E-state index contributed by atoms with van der Waals surface area (Å²) in [6, 6.07) is 10.8. The van der Waals surface area contributed by atoms with Crippen molar-refractivity contribution in [2.45, 2.75) is 96.2 Å². The van der Waals surface area contributed by atoms with E-state index in [4.69, 9.17) is 19.2 Å². The van der Waals surface area contributed by atoms with Crippen LogP contribution in [0, 0.1) is 0 Å². The van der Waals surface area contributed by atoms with E-state index in [-0.39, 0.29) is 23.9 Å². The molecule has 9 nitrogen and oxygen atoms in total. The minimum absolute atomic E-state index is 0.0312. The van der Waals surface area contributed by atoms with Gasteiger partial charge in [-0.2, -0.15) is 10.1 Å². The number of ether oxygens (including phenoxy) is 3. The summed E-state index contributed by atoms with van der Waals surface area (Å²) in [7, 11) is 0. The zero-order valence-electron chi connectivity index (χ0n) is 25.1. The van der Waals surface area contributed by atoms with E-state index < -0.39 is 5.60 Å². The molecule has 2 saturated heterocycles. The van der Waals surface area contributed by atoms with Crippen LogP contribution >= 0.6 is 0 Å². The molecule has 3 aromatic rings. The van der Waals surface area contributed by atoms with Crippen LogP contribution < -0.4 is 9.64 Å². The van der Waals surface area contributed by atoms with E-state index in [2.05, 4.69) is 53.5 Å². The topological polar surface area (TPSA) is 82.0 Å². The number of benzene rings is 1. The first-order valence-electron chi connectivity index (χ1n) is 15.4. The van der Waals surface area contributed by atoms with E-state index in [1.54, 1.807) is 0 Å². The Bertz CT molecular complexity index is 1480. The Hall–Kier alpha value is -3.59. The smallest absolute Gasteiger partial charge is 0.411 e. The molecule has 1 aromatic carbocycles. The van der Waals surface area contributed by atoms with Crippen LogP contribution in [0.25, 0.3) is 22.3 Å². The van der Waals surface area contributed by atoms with Gasteiger partial charge >= 0.3 is 6.09 Å². The largest absolute Gasteiger partial charge is 0.472 e. The third-order valence-electron chi connectivity index (χ3n) is 8.99. The molecule has 3 aliphatic heterocycles. The van der Waals surface area contributed by atoms with Gasteiger partial charge in [-0.1, -0.05) is 12.1 Å². The summed E-state index contributed by atoms with van der Waals surface area (Å²) >= 11 is 0. The van der Waals surface area contributed by atoms with Crippen LogP contribution in [0.2, 0.25) is 0 Å². The summed E-state index contributed by atoms with van der Waals surface area (Å²) in [6.07, 6.45) is 10.1. The number of hydrogen-bond acceptors (Lipinski definition) is 7. The quantitative estimate of drug-likeness (QED) is 0.343. The van der Waals surface area contributed by atoms with Crippen molar-refractivity contribution in [2.75, 3.05) is 24.6 Å². The summed E-state index contributed by atoms with van der Waals surface area (Å²) in [4.78, 5) is 22.4. The third kappa shape index (κ3) is 5.23. The average molecular weight is 572 g/mol. The second kappa shape index (κ2) is 10.3. The lowest BCUT2D eigenvalue weighted by Gasteiger charge is -2.36. The molecular formula is C33H41N5O4. The van der Waals surface area contributed by atoms with E-state index in [0.717, 1.165) is 85.4 Å². The third-order valence-corrected chi connectivity index (χ3v) is 8.99. The maximum atomic E-state index is 13.2. The summed E-state index contributed by atoms with van der Waals surface area (Å²) in [5, 5.41) is 4.59. The lowest BCUT2D eigenvalue weighted by atomic mass is 9.95. The molecule has 9 heteroatoms. The van der Waals surface area contributed by atoms with Crippen molar-refractivity contribution in [1.82, 2.24) is 19.7 Å². The number of fused-ring (bicyclic) bond motifs is 3. The van der Waals surface area contributed by atoms with E-state index in [0.29, 0.717) is 12.5 Å². The number of nitrogens with zero attached hydrogens (tertiary/aromatic N) is 5. The molecule has 7 rings (SSSR count). The van der Waals surface area contributed by atoms with Crippen molar-refractivity contribution in [1.29, 1.82) is 0 Å². The molecule has 5 heterocycles. The monoisotopic (exact) mass is 571 g/mol.